The van der Waals surface area contributed by atoms with E-state index in [4.69, 9.17) is 42.3 Å². The molecule has 352 valence electrons. The highest BCUT2D eigenvalue weighted by molar-refractivity contribution is 5.89. The van der Waals surface area contributed by atoms with E-state index in [0.717, 1.165) is 30.3 Å². The molecule has 0 radical (unpaired) electrons. The topological polar surface area (TPSA) is 365 Å². The molecule has 23 nitrogen and oxygen atoms in total. The summed E-state index contributed by atoms with van der Waals surface area (Å²) in [6, 6.07) is 11.2. The molecule has 4 heterocycles. The summed E-state index contributed by atoms with van der Waals surface area (Å²) in [7, 11) is 1.34. The molecule has 23 heteroatoms. The Morgan fingerprint density at radius 3 is 2.12 bits per heavy atom. The van der Waals surface area contributed by atoms with Gasteiger partial charge in [0.25, 0.3) is 0 Å². The Morgan fingerprint density at radius 2 is 1.38 bits per heavy atom. The van der Waals surface area contributed by atoms with Crippen molar-refractivity contribution in [2.24, 2.45) is 0 Å². The Hall–Kier alpha value is -5.64. The molecular formula is C42H47O23+. The smallest absolute Gasteiger partial charge is 0.402 e. The molecule has 3 aromatic carbocycles. The number of methoxy groups -OCH3 is 1. The molecule has 0 saturated carbocycles. The van der Waals surface area contributed by atoms with Crippen molar-refractivity contribution < 1.29 is 113 Å². The molecule has 65 heavy (non-hydrogen) atoms. The Labute approximate surface area is 366 Å². The molecule has 3 aliphatic heterocycles. The predicted octanol–water partition coefficient (Wildman–Crippen LogP) is -1.35. The third kappa shape index (κ3) is 10.3. The molecule has 0 bridgehead atoms. The first-order chi connectivity index (χ1) is 30.9. The van der Waals surface area contributed by atoms with E-state index < -0.39 is 135 Å². The number of hydrogen-bond donors (Lipinski definition) is 13. The van der Waals surface area contributed by atoms with Crippen molar-refractivity contribution in [2.45, 2.75) is 86.0 Å². The second-order valence-corrected chi connectivity index (χ2v) is 15.3. The van der Waals surface area contributed by atoms with Gasteiger partial charge < -0.3 is 104 Å². The number of hydrogen-bond acceptors (Lipinski definition) is 22. The molecule has 3 aliphatic rings. The average Bonchev–Trinajstić information content (AvgIpc) is 3.28. The fourth-order valence-electron chi connectivity index (χ4n) is 7.16. The number of phenols is 5. The molecule has 1 unspecified atom stereocenters. The lowest BCUT2D eigenvalue weighted by Gasteiger charge is -2.45. The molecule has 14 atom stereocenters. The van der Waals surface area contributed by atoms with Gasteiger partial charge >= 0.3 is 17.3 Å². The Morgan fingerprint density at radius 1 is 0.692 bits per heavy atom. The van der Waals surface area contributed by atoms with Gasteiger partial charge in [0.1, 0.15) is 84.5 Å². The van der Waals surface area contributed by atoms with Crippen LogP contribution in [0.4, 0.5) is 0 Å². The van der Waals surface area contributed by atoms with E-state index in [2.05, 4.69) is 0 Å². The van der Waals surface area contributed by atoms with E-state index in [1.807, 2.05) is 0 Å². The highest BCUT2D eigenvalue weighted by atomic mass is 16.8. The standard InChI is InChI=1S/C42H46O23/c1-57-26-8-16(2-5-21(26)45)3-7-30(49)58-14-28-32(51)34(53)37(56)40(63-28)60-15-29-33(52)35(54)39(65-41-36(55)31(50)24(48)13-59-41)42(64-29)62-27-12-19-22(46)10-18(43)11-25(19)61-38(27)17-4-6-20(44)23(47)9-17/h2-12,24,28-29,31-37,39-42,48,50-56H,13-15H2,1H3,(H4-,43,44,45,46,47,49)/p+1/t24-,28-,29-,31+,32-,33+,34+,35+,36-,37-,39-,40-,41?,42-/m1/s1. The van der Waals surface area contributed by atoms with Gasteiger partial charge in [0.05, 0.1) is 32.0 Å². The number of phenolic OH excluding ortho intramolecular Hbond substituents is 5. The lowest BCUT2D eigenvalue weighted by atomic mass is 9.98. The van der Waals surface area contributed by atoms with E-state index in [0.29, 0.717) is 5.56 Å². The van der Waals surface area contributed by atoms with E-state index in [9.17, 15) is 71.2 Å². The van der Waals surface area contributed by atoms with Crippen LogP contribution in [0.25, 0.3) is 28.4 Å². The van der Waals surface area contributed by atoms with Crippen LogP contribution in [0.2, 0.25) is 0 Å². The number of carbonyl (C=O) groups excluding carboxylic acids is 1. The number of aliphatic hydroxyl groups excluding tert-OH is 8. The number of aromatic hydroxyl groups is 5. The maximum absolute atomic E-state index is 12.5. The van der Waals surface area contributed by atoms with Gasteiger partial charge in [0.15, 0.2) is 41.7 Å². The molecule has 0 aliphatic carbocycles. The predicted molar refractivity (Wildman–Crippen MR) is 214 cm³/mol. The van der Waals surface area contributed by atoms with Crippen molar-refractivity contribution in [3.8, 4) is 51.6 Å². The number of fused-ring (bicyclic) bond motifs is 1. The summed E-state index contributed by atoms with van der Waals surface area (Å²) < 4.78 is 51.0. The van der Waals surface area contributed by atoms with E-state index in [1.54, 1.807) is 0 Å². The Balaban J connectivity index is 1.12. The van der Waals surface area contributed by atoms with Crippen molar-refractivity contribution >= 4 is 23.0 Å². The number of ether oxygens (including phenoxy) is 8. The van der Waals surface area contributed by atoms with Crippen LogP contribution >= 0.6 is 0 Å². The van der Waals surface area contributed by atoms with Gasteiger partial charge in [-0.2, -0.15) is 0 Å². The minimum absolute atomic E-state index is 0.0418. The van der Waals surface area contributed by atoms with Gasteiger partial charge in [-0.1, -0.05) is 6.07 Å². The molecule has 13 N–H and O–H groups in total. The highest BCUT2D eigenvalue weighted by Crippen LogP contribution is 2.43. The average molecular weight is 920 g/mol. The number of rotatable bonds is 13. The van der Waals surface area contributed by atoms with E-state index in [1.165, 1.54) is 43.5 Å². The number of carbonyl (C=O) groups is 1. The lowest BCUT2D eigenvalue weighted by Crippen LogP contribution is -2.64. The zero-order valence-corrected chi connectivity index (χ0v) is 34.0. The summed E-state index contributed by atoms with van der Waals surface area (Å²) in [5, 5.41) is 137. The Kier molecular flexibility index (Phi) is 14.5. The summed E-state index contributed by atoms with van der Waals surface area (Å²) in [5.74, 6) is -3.40. The molecule has 3 fully saturated rings. The van der Waals surface area contributed by atoms with Crippen molar-refractivity contribution in [1.82, 2.24) is 0 Å². The molecule has 4 aromatic rings. The lowest BCUT2D eigenvalue weighted by molar-refractivity contribution is -0.353. The van der Waals surface area contributed by atoms with Crippen molar-refractivity contribution in [3.05, 3.63) is 66.2 Å². The third-order valence-corrected chi connectivity index (χ3v) is 10.8. The highest BCUT2D eigenvalue weighted by Gasteiger charge is 2.52. The summed E-state index contributed by atoms with van der Waals surface area (Å²) in [4.78, 5) is 12.5. The van der Waals surface area contributed by atoms with E-state index in [-0.39, 0.29) is 39.5 Å². The van der Waals surface area contributed by atoms with E-state index >= 15 is 0 Å². The molecule has 1 aromatic heterocycles. The summed E-state index contributed by atoms with van der Waals surface area (Å²) in [5.41, 5.74) is 0.417. The van der Waals surface area contributed by atoms with Gasteiger partial charge in [0.2, 0.25) is 12.0 Å². The first-order valence-electron chi connectivity index (χ1n) is 19.8. The van der Waals surface area contributed by atoms with Crippen LogP contribution in [0.15, 0.2) is 65.1 Å². The fraction of sp³-hybridized carbons (Fsp3) is 0.429. The maximum Gasteiger partial charge on any atom is 0.402 e. The quantitative estimate of drug-likeness (QED) is 0.0319. The minimum Gasteiger partial charge on any atom is -0.507 e. The van der Waals surface area contributed by atoms with Crippen LogP contribution < -0.4 is 9.47 Å². The molecule has 0 spiro atoms. The number of aliphatic hydroxyl groups is 8. The zero-order chi connectivity index (χ0) is 46.9. The van der Waals surface area contributed by atoms with Gasteiger partial charge in [0, 0.05) is 24.3 Å². The fourth-order valence-corrected chi connectivity index (χ4v) is 7.16. The van der Waals surface area contributed by atoms with Gasteiger partial charge in [-0.3, -0.25) is 0 Å². The second-order valence-electron chi connectivity index (χ2n) is 15.3. The van der Waals surface area contributed by atoms with Crippen LogP contribution in [0, 0.1) is 0 Å². The van der Waals surface area contributed by atoms with Crippen molar-refractivity contribution in [1.29, 1.82) is 0 Å². The summed E-state index contributed by atoms with van der Waals surface area (Å²) in [6.07, 6.45) is -22.8. The monoisotopic (exact) mass is 919 g/mol. The van der Waals surface area contributed by atoms with Crippen LogP contribution in [-0.4, -0.2) is 185 Å². The molecule has 0 amide bonds. The van der Waals surface area contributed by atoms with Crippen LogP contribution in [0.1, 0.15) is 5.56 Å². The molecule has 3 saturated heterocycles. The first kappa shape index (κ1) is 47.3. The number of benzene rings is 3. The van der Waals surface area contributed by atoms with Crippen LogP contribution in [0.3, 0.4) is 0 Å². The second kappa shape index (κ2) is 19.8. The third-order valence-electron chi connectivity index (χ3n) is 10.8. The van der Waals surface area contributed by atoms with Crippen molar-refractivity contribution in [2.75, 3.05) is 26.9 Å². The maximum atomic E-state index is 12.5. The largest absolute Gasteiger partial charge is 0.507 e. The van der Waals surface area contributed by atoms with Crippen LogP contribution in [0.5, 0.6) is 40.2 Å². The molecular weight excluding hydrogens is 872 g/mol. The first-order valence-corrected chi connectivity index (χ1v) is 19.8. The van der Waals surface area contributed by atoms with Gasteiger partial charge in [-0.25, -0.2) is 9.21 Å². The Bertz CT molecular complexity index is 2340. The van der Waals surface area contributed by atoms with Crippen molar-refractivity contribution in [3.63, 3.8) is 0 Å². The van der Waals surface area contributed by atoms with Crippen LogP contribution in [-0.2, 0) is 33.2 Å². The summed E-state index contributed by atoms with van der Waals surface area (Å²) >= 11 is 0. The normalized spacial score (nSPS) is 31.8. The summed E-state index contributed by atoms with van der Waals surface area (Å²) in [6.45, 7) is -1.95. The van der Waals surface area contributed by atoms with Gasteiger partial charge in [-0.05, 0) is 35.9 Å². The SMILES string of the molecule is COc1cc(/C=C/C(=O)OC[C@H]2O[C@@H](OC[C@H]3O[C@@H](Oc4cc5c(O)cc(O)cc5[o+]c4-c4ccc(O)c(O)c4)[C@H](OC4OC[C@@H](O)[C@H](O)[C@H]4O)[C@@H](O)[C@H]3O)[C@H](O)[C@@H](O)[C@@H]2O)ccc1O. The molecule has 7 rings (SSSR count). The minimum atomic E-state index is -2.03. The zero-order valence-electron chi connectivity index (χ0n) is 34.0. The number of esters is 1. The van der Waals surface area contributed by atoms with Gasteiger partial charge in [-0.15, -0.1) is 0 Å².